The van der Waals surface area contributed by atoms with Crippen molar-refractivity contribution in [2.45, 2.75) is 74.8 Å². The molecule has 0 amide bonds. The first kappa shape index (κ1) is 21.5. The highest BCUT2D eigenvalue weighted by molar-refractivity contribution is 7.89. The molecular weight excluding hydrogens is 404 g/mol. The molecule has 1 aromatic rings. The van der Waals surface area contributed by atoms with Crippen LogP contribution in [0.4, 0.5) is 0 Å². The van der Waals surface area contributed by atoms with Gasteiger partial charge in [-0.1, -0.05) is 12.1 Å². The minimum atomic E-state index is -3.53. The molecule has 8 nitrogen and oxygen atoms in total. The van der Waals surface area contributed by atoms with E-state index in [1.807, 2.05) is 19.1 Å². The molecule has 0 saturated carbocycles. The second kappa shape index (κ2) is 9.64. The zero-order chi connectivity index (χ0) is 21.0. The fourth-order valence-electron chi connectivity index (χ4n) is 4.32. The number of fused-ring (bicyclic) bond motifs is 2. The lowest BCUT2D eigenvalue weighted by atomic mass is 9.96. The summed E-state index contributed by atoms with van der Waals surface area (Å²) < 4.78 is 39.0. The van der Waals surface area contributed by atoms with E-state index >= 15 is 0 Å². The van der Waals surface area contributed by atoms with Crippen molar-refractivity contribution >= 4 is 16.0 Å². The first-order valence-corrected chi connectivity index (χ1v) is 12.4. The highest BCUT2D eigenvalue weighted by atomic mass is 32.2. The Labute approximate surface area is 178 Å². The second-order valence-corrected chi connectivity index (χ2v) is 9.95. The van der Waals surface area contributed by atoms with Gasteiger partial charge in [0, 0.05) is 19.7 Å². The Hall–Kier alpha value is -1.68. The smallest absolute Gasteiger partial charge is 0.240 e. The average molecular weight is 437 g/mol. The van der Waals surface area contributed by atoms with Crippen LogP contribution >= 0.6 is 0 Å². The molecule has 3 aliphatic heterocycles. The van der Waals surface area contributed by atoms with Crippen molar-refractivity contribution in [3.63, 3.8) is 0 Å². The van der Waals surface area contributed by atoms with Crippen LogP contribution in [0.3, 0.4) is 0 Å². The van der Waals surface area contributed by atoms with E-state index in [1.165, 1.54) is 0 Å². The normalized spacial score (nSPS) is 28.8. The van der Waals surface area contributed by atoms with Crippen LogP contribution in [0.5, 0.6) is 0 Å². The molecule has 4 unspecified atom stereocenters. The van der Waals surface area contributed by atoms with Gasteiger partial charge in [0.1, 0.15) is 0 Å². The van der Waals surface area contributed by atoms with Crippen LogP contribution in [0.1, 0.15) is 44.6 Å². The van der Waals surface area contributed by atoms with Gasteiger partial charge < -0.3 is 20.1 Å². The molecule has 0 aliphatic carbocycles. The summed E-state index contributed by atoms with van der Waals surface area (Å²) in [5.74, 6) is 0.772. The summed E-state index contributed by atoms with van der Waals surface area (Å²) in [4.78, 5) is 4.93. The number of guanidine groups is 1. The maximum atomic E-state index is 12.5. The summed E-state index contributed by atoms with van der Waals surface area (Å²) in [6.07, 6.45) is 5.83. The summed E-state index contributed by atoms with van der Waals surface area (Å²) in [6, 6.07) is 7.20. The molecule has 4 rings (SSSR count). The fourth-order valence-corrected chi connectivity index (χ4v) is 5.39. The van der Waals surface area contributed by atoms with E-state index in [4.69, 9.17) is 9.47 Å². The van der Waals surface area contributed by atoms with Crippen LogP contribution in [0.25, 0.3) is 0 Å². The summed E-state index contributed by atoms with van der Waals surface area (Å²) in [6.45, 7) is 4.32. The third-order valence-corrected chi connectivity index (χ3v) is 7.39. The van der Waals surface area contributed by atoms with Gasteiger partial charge in [0.15, 0.2) is 5.96 Å². The van der Waals surface area contributed by atoms with Gasteiger partial charge in [-0.25, -0.2) is 18.1 Å². The van der Waals surface area contributed by atoms with E-state index in [9.17, 15) is 8.42 Å². The van der Waals surface area contributed by atoms with Crippen molar-refractivity contribution in [1.82, 2.24) is 15.4 Å². The van der Waals surface area contributed by atoms with Crippen molar-refractivity contribution in [2.75, 3.05) is 19.7 Å². The van der Waals surface area contributed by atoms with Gasteiger partial charge in [-0.05, 0) is 56.7 Å². The third-order valence-electron chi connectivity index (χ3n) is 5.95. The molecule has 0 aromatic heterocycles. The Balaban J connectivity index is 1.33. The molecule has 2 bridgehead atoms. The van der Waals surface area contributed by atoms with Crippen molar-refractivity contribution in [3.05, 3.63) is 29.8 Å². The van der Waals surface area contributed by atoms with E-state index in [-0.39, 0.29) is 17.1 Å². The van der Waals surface area contributed by atoms with Gasteiger partial charge in [0.25, 0.3) is 0 Å². The predicted molar refractivity (Wildman–Crippen MR) is 115 cm³/mol. The SMILES string of the molecule is CCNC(=NCc1ccc(S(=O)(=O)NCC2CCCO2)cc1)NC1CC2CCC1O2. The van der Waals surface area contributed by atoms with Gasteiger partial charge >= 0.3 is 0 Å². The molecule has 1 aromatic carbocycles. The molecule has 3 saturated heterocycles. The van der Waals surface area contributed by atoms with Crippen LogP contribution in [-0.2, 0) is 26.0 Å². The van der Waals surface area contributed by atoms with E-state index in [0.29, 0.717) is 31.8 Å². The van der Waals surface area contributed by atoms with Gasteiger partial charge in [-0.3, -0.25) is 0 Å². The minimum Gasteiger partial charge on any atom is -0.377 e. The minimum absolute atomic E-state index is 0.0224. The van der Waals surface area contributed by atoms with Gasteiger partial charge in [0.2, 0.25) is 10.0 Å². The number of hydrogen-bond donors (Lipinski definition) is 3. The van der Waals surface area contributed by atoms with Crippen LogP contribution in [-0.4, -0.2) is 58.4 Å². The lowest BCUT2D eigenvalue weighted by Crippen LogP contribution is -2.47. The highest BCUT2D eigenvalue weighted by Gasteiger charge is 2.41. The van der Waals surface area contributed by atoms with Crippen molar-refractivity contribution < 1.29 is 17.9 Å². The number of benzene rings is 1. The number of ether oxygens (including phenoxy) is 2. The largest absolute Gasteiger partial charge is 0.377 e. The number of nitrogens with zero attached hydrogens (tertiary/aromatic N) is 1. The van der Waals surface area contributed by atoms with Crippen LogP contribution < -0.4 is 15.4 Å². The van der Waals surface area contributed by atoms with E-state index < -0.39 is 10.0 Å². The maximum absolute atomic E-state index is 12.5. The summed E-state index contributed by atoms with van der Waals surface area (Å²) in [5, 5.41) is 6.78. The third kappa shape index (κ3) is 5.32. The Morgan fingerprint density at radius 2 is 2.03 bits per heavy atom. The van der Waals surface area contributed by atoms with Crippen LogP contribution in [0.2, 0.25) is 0 Å². The van der Waals surface area contributed by atoms with Crippen LogP contribution in [0, 0.1) is 0 Å². The molecule has 3 N–H and O–H groups in total. The number of aliphatic imine (C=N–C) groups is 1. The number of sulfonamides is 1. The first-order valence-electron chi connectivity index (χ1n) is 10.9. The molecule has 4 atom stereocenters. The molecule has 30 heavy (non-hydrogen) atoms. The number of hydrogen-bond acceptors (Lipinski definition) is 5. The van der Waals surface area contributed by atoms with Crippen molar-refractivity contribution in [3.8, 4) is 0 Å². The molecule has 3 heterocycles. The van der Waals surface area contributed by atoms with E-state index in [0.717, 1.165) is 50.2 Å². The lowest BCUT2D eigenvalue weighted by Gasteiger charge is -2.22. The maximum Gasteiger partial charge on any atom is 0.240 e. The van der Waals surface area contributed by atoms with E-state index in [1.54, 1.807) is 12.1 Å². The lowest BCUT2D eigenvalue weighted by molar-refractivity contribution is 0.0992. The van der Waals surface area contributed by atoms with Crippen molar-refractivity contribution in [2.24, 2.45) is 4.99 Å². The zero-order valence-corrected chi connectivity index (χ0v) is 18.3. The molecule has 3 aliphatic rings. The summed E-state index contributed by atoms with van der Waals surface area (Å²) in [5.41, 5.74) is 0.953. The van der Waals surface area contributed by atoms with E-state index in [2.05, 4.69) is 20.3 Å². The number of nitrogens with one attached hydrogen (secondary N) is 3. The van der Waals surface area contributed by atoms with Crippen molar-refractivity contribution in [1.29, 1.82) is 0 Å². The first-order chi connectivity index (χ1) is 14.5. The van der Waals surface area contributed by atoms with Crippen LogP contribution in [0.15, 0.2) is 34.2 Å². The van der Waals surface area contributed by atoms with Gasteiger partial charge in [-0.15, -0.1) is 0 Å². The molecular formula is C21H32N4O4S. The topological polar surface area (TPSA) is 101 Å². The molecule has 166 valence electrons. The zero-order valence-electron chi connectivity index (χ0n) is 17.5. The highest BCUT2D eigenvalue weighted by Crippen LogP contribution is 2.34. The predicted octanol–water partition coefficient (Wildman–Crippen LogP) is 1.52. The fraction of sp³-hybridized carbons (Fsp3) is 0.667. The second-order valence-electron chi connectivity index (χ2n) is 8.19. The Bertz CT molecular complexity index is 837. The molecule has 0 radical (unpaired) electrons. The molecule has 0 spiro atoms. The molecule has 3 fully saturated rings. The Kier molecular flexibility index (Phi) is 6.92. The monoisotopic (exact) mass is 436 g/mol. The quantitative estimate of drug-likeness (QED) is 0.422. The standard InChI is InChI=1S/C21H32N4O4S/c1-2-22-21(25-19-12-16-7-10-20(19)29-16)23-13-15-5-8-18(9-6-15)30(26,27)24-14-17-4-3-11-28-17/h5-6,8-9,16-17,19-20,24H,2-4,7,10-14H2,1H3,(H2,22,23,25). The van der Waals surface area contributed by atoms with Gasteiger partial charge in [-0.2, -0.15) is 0 Å². The Morgan fingerprint density at radius 3 is 2.67 bits per heavy atom. The average Bonchev–Trinajstić information content (AvgIpc) is 3.50. The number of rotatable bonds is 8. The Morgan fingerprint density at radius 1 is 1.20 bits per heavy atom. The summed E-state index contributed by atoms with van der Waals surface area (Å²) in [7, 11) is -3.53. The van der Waals surface area contributed by atoms with Gasteiger partial charge in [0.05, 0.1) is 35.8 Å². The summed E-state index contributed by atoms with van der Waals surface area (Å²) >= 11 is 0. The molecule has 9 heteroatoms.